The van der Waals surface area contributed by atoms with Crippen LogP contribution in [-0.2, 0) is 12.8 Å². The van der Waals surface area contributed by atoms with Crippen molar-refractivity contribution in [3.63, 3.8) is 0 Å². The van der Waals surface area contributed by atoms with Gasteiger partial charge in [-0.1, -0.05) is 19.1 Å². The standard InChI is InChI=1S/C15H18N2O/c1-2-12-3-5-14(6-4-12)18-15-9-13(7-8-16)10-17-11-15/h3-6,9-11H,2,7-8,16H2,1H3. The molecule has 0 spiro atoms. The third-order valence-corrected chi connectivity index (χ3v) is 2.77. The van der Waals surface area contributed by atoms with Crippen molar-refractivity contribution in [1.29, 1.82) is 0 Å². The van der Waals surface area contributed by atoms with Crippen molar-refractivity contribution >= 4 is 0 Å². The lowest BCUT2D eigenvalue weighted by atomic mass is 10.2. The molecule has 1 aromatic carbocycles. The number of hydrogen-bond acceptors (Lipinski definition) is 3. The molecule has 0 radical (unpaired) electrons. The van der Waals surface area contributed by atoms with Crippen LogP contribution in [0.3, 0.4) is 0 Å². The molecule has 3 heteroatoms. The van der Waals surface area contributed by atoms with Gasteiger partial charge in [-0.2, -0.15) is 0 Å². The monoisotopic (exact) mass is 242 g/mol. The average Bonchev–Trinajstić information content (AvgIpc) is 2.40. The molecule has 3 nitrogen and oxygen atoms in total. The number of hydrogen-bond donors (Lipinski definition) is 1. The van der Waals surface area contributed by atoms with Crippen LogP contribution in [0.2, 0.25) is 0 Å². The van der Waals surface area contributed by atoms with Gasteiger partial charge in [0, 0.05) is 6.20 Å². The Kier molecular flexibility index (Phi) is 4.31. The Morgan fingerprint density at radius 2 is 1.83 bits per heavy atom. The molecule has 0 atom stereocenters. The van der Waals surface area contributed by atoms with Crippen molar-refractivity contribution in [3.8, 4) is 11.5 Å². The molecule has 2 rings (SSSR count). The SMILES string of the molecule is CCc1ccc(Oc2cncc(CCN)c2)cc1. The zero-order chi connectivity index (χ0) is 12.8. The Bertz CT molecular complexity index is 494. The van der Waals surface area contributed by atoms with Crippen LogP contribution in [0.1, 0.15) is 18.1 Å². The fourth-order valence-corrected chi connectivity index (χ4v) is 1.75. The summed E-state index contributed by atoms with van der Waals surface area (Å²) in [6.07, 6.45) is 5.39. The third-order valence-electron chi connectivity index (χ3n) is 2.77. The van der Waals surface area contributed by atoms with Gasteiger partial charge in [0.15, 0.2) is 0 Å². The van der Waals surface area contributed by atoms with E-state index in [1.165, 1.54) is 5.56 Å². The van der Waals surface area contributed by atoms with Crippen molar-refractivity contribution in [3.05, 3.63) is 53.9 Å². The highest BCUT2D eigenvalue weighted by atomic mass is 16.5. The second-order valence-electron chi connectivity index (χ2n) is 4.17. The summed E-state index contributed by atoms with van der Waals surface area (Å²) in [7, 11) is 0. The number of aromatic nitrogens is 1. The van der Waals surface area contributed by atoms with Gasteiger partial charge in [-0.05, 0) is 48.7 Å². The first-order chi connectivity index (χ1) is 8.81. The maximum absolute atomic E-state index is 5.76. The van der Waals surface area contributed by atoms with Gasteiger partial charge in [0.25, 0.3) is 0 Å². The highest BCUT2D eigenvalue weighted by molar-refractivity contribution is 5.33. The number of nitrogens with zero attached hydrogens (tertiary/aromatic N) is 1. The molecule has 0 bridgehead atoms. The molecule has 0 saturated heterocycles. The molecule has 0 unspecified atom stereocenters. The lowest BCUT2D eigenvalue weighted by molar-refractivity contribution is 0.479. The molecule has 0 aliphatic heterocycles. The molecule has 0 aliphatic rings. The molecule has 2 N–H and O–H groups in total. The Hall–Kier alpha value is -1.87. The molecule has 0 amide bonds. The maximum atomic E-state index is 5.76. The number of aryl methyl sites for hydroxylation is 1. The van der Waals surface area contributed by atoms with E-state index in [2.05, 4.69) is 24.0 Å². The molecule has 1 heterocycles. The first-order valence-corrected chi connectivity index (χ1v) is 6.22. The van der Waals surface area contributed by atoms with Gasteiger partial charge in [-0.3, -0.25) is 4.98 Å². The maximum Gasteiger partial charge on any atom is 0.145 e. The first-order valence-electron chi connectivity index (χ1n) is 6.22. The van der Waals surface area contributed by atoms with Crippen LogP contribution < -0.4 is 10.5 Å². The van der Waals surface area contributed by atoms with Crippen molar-refractivity contribution in [1.82, 2.24) is 4.98 Å². The lowest BCUT2D eigenvalue weighted by Crippen LogP contribution is -2.03. The van der Waals surface area contributed by atoms with Crippen molar-refractivity contribution < 1.29 is 4.74 Å². The first kappa shape index (κ1) is 12.6. The van der Waals surface area contributed by atoms with Gasteiger partial charge >= 0.3 is 0 Å². The van der Waals surface area contributed by atoms with E-state index in [0.717, 1.165) is 29.9 Å². The largest absolute Gasteiger partial charge is 0.456 e. The Morgan fingerprint density at radius 3 is 2.50 bits per heavy atom. The van der Waals surface area contributed by atoms with E-state index in [9.17, 15) is 0 Å². The van der Waals surface area contributed by atoms with E-state index >= 15 is 0 Å². The van der Waals surface area contributed by atoms with E-state index in [1.54, 1.807) is 6.20 Å². The zero-order valence-electron chi connectivity index (χ0n) is 10.6. The van der Waals surface area contributed by atoms with E-state index in [1.807, 2.05) is 24.4 Å². The molecular formula is C15H18N2O. The predicted molar refractivity (Wildman–Crippen MR) is 72.9 cm³/mol. The van der Waals surface area contributed by atoms with Gasteiger partial charge in [0.2, 0.25) is 0 Å². The number of pyridine rings is 1. The summed E-state index contributed by atoms with van der Waals surface area (Å²) in [5, 5.41) is 0. The summed E-state index contributed by atoms with van der Waals surface area (Å²) in [6.45, 7) is 2.76. The minimum Gasteiger partial charge on any atom is -0.456 e. The van der Waals surface area contributed by atoms with E-state index in [-0.39, 0.29) is 0 Å². The summed E-state index contributed by atoms with van der Waals surface area (Å²) in [5.74, 6) is 1.59. The molecular weight excluding hydrogens is 224 g/mol. The number of rotatable bonds is 5. The van der Waals surface area contributed by atoms with Gasteiger partial charge < -0.3 is 10.5 Å². The molecule has 0 saturated carbocycles. The average molecular weight is 242 g/mol. The van der Waals surface area contributed by atoms with Crippen LogP contribution in [0.15, 0.2) is 42.7 Å². The van der Waals surface area contributed by atoms with Crippen molar-refractivity contribution in [2.24, 2.45) is 5.73 Å². The van der Waals surface area contributed by atoms with Crippen LogP contribution >= 0.6 is 0 Å². The summed E-state index contributed by atoms with van der Waals surface area (Å²) >= 11 is 0. The van der Waals surface area contributed by atoms with E-state index in [0.29, 0.717) is 6.54 Å². The van der Waals surface area contributed by atoms with Crippen LogP contribution in [0.5, 0.6) is 11.5 Å². The molecule has 2 aromatic rings. The molecule has 94 valence electrons. The van der Waals surface area contributed by atoms with Crippen molar-refractivity contribution in [2.75, 3.05) is 6.54 Å². The van der Waals surface area contributed by atoms with Crippen LogP contribution in [0, 0.1) is 0 Å². The van der Waals surface area contributed by atoms with Crippen LogP contribution in [-0.4, -0.2) is 11.5 Å². The summed E-state index contributed by atoms with van der Waals surface area (Å²) in [6, 6.07) is 10.1. The predicted octanol–water partition coefficient (Wildman–Crippen LogP) is 2.94. The highest BCUT2D eigenvalue weighted by Crippen LogP contribution is 2.21. The Labute approximate surface area is 108 Å². The second kappa shape index (κ2) is 6.17. The number of ether oxygens (including phenoxy) is 1. The third kappa shape index (κ3) is 3.31. The summed E-state index contributed by atoms with van der Waals surface area (Å²) in [5.41, 5.74) is 7.93. The number of nitrogens with two attached hydrogens (primary N) is 1. The summed E-state index contributed by atoms with van der Waals surface area (Å²) in [4.78, 5) is 4.15. The minimum absolute atomic E-state index is 0.621. The smallest absolute Gasteiger partial charge is 0.145 e. The molecule has 18 heavy (non-hydrogen) atoms. The quantitative estimate of drug-likeness (QED) is 0.877. The van der Waals surface area contributed by atoms with Crippen LogP contribution in [0.25, 0.3) is 0 Å². The molecule has 1 aromatic heterocycles. The van der Waals surface area contributed by atoms with E-state index in [4.69, 9.17) is 10.5 Å². The molecule has 0 fully saturated rings. The van der Waals surface area contributed by atoms with Crippen molar-refractivity contribution in [2.45, 2.75) is 19.8 Å². The fraction of sp³-hybridized carbons (Fsp3) is 0.267. The lowest BCUT2D eigenvalue weighted by Gasteiger charge is -2.07. The molecule has 0 aliphatic carbocycles. The van der Waals surface area contributed by atoms with Gasteiger partial charge in [-0.25, -0.2) is 0 Å². The van der Waals surface area contributed by atoms with Crippen LogP contribution in [0.4, 0.5) is 0 Å². The zero-order valence-corrected chi connectivity index (χ0v) is 10.6. The number of benzene rings is 1. The fourth-order valence-electron chi connectivity index (χ4n) is 1.75. The topological polar surface area (TPSA) is 48.1 Å². The van der Waals surface area contributed by atoms with E-state index < -0.39 is 0 Å². The highest BCUT2D eigenvalue weighted by Gasteiger charge is 2.00. The Morgan fingerprint density at radius 1 is 1.06 bits per heavy atom. The van der Waals surface area contributed by atoms with Gasteiger partial charge in [-0.15, -0.1) is 0 Å². The van der Waals surface area contributed by atoms with Gasteiger partial charge in [0.05, 0.1) is 6.20 Å². The summed E-state index contributed by atoms with van der Waals surface area (Å²) < 4.78 is 5.76. The second-order valence-corrected chi connectivity index (χ2v) is 4.17. The normalized spacial score (nSPS) is 10.3. The van der Waals surface area contributed by atoms with Gasteiger partial charge in [0.1, 0.15) is 11.5 Å². The minimum atomic E-state index is 0.621. The Balaban J connectivity index is 2.09.